The van der Waals surface area contributed by atoms with E-state index in [2.05, 4.69) is 189 Å². The fourth-order valence-electron chi connectivity index (χ4n) is 24.9. The van der Waals surface area contributed by atoms with Gasteiger partial charge in [-0.05, 0) is 520 Å². The van der Waals surface area contributed by atoms with E-state index in [9.17, 15) is 30.6 Å². The summed E-state index contributed by atoms with van der Waals surface area (Å²) in [5, 5.41) is 65.1. The number of hydrogen-bond donors (Lipinski definition) is 6. The molecule has 8 aliphatic rings. The number of phenols is 6. The van der Waals surface area contributed by atoms with Crippen LogP contribution in [-0.2, 0) is 22.3 Å². The maximum Gasteiger partial charge on any atom is 1.00 e. The first kappa shape index (κ1) is 99.6. The van der Waals surface area contributed by atoms with Crippen molar-refractivity contribution in [3.8, 4) is 34.5 Å². The van der Waals surface area contributed by atoms with Gasteiger partial charge in [-0.2, -0.15) is 0 Å². The van der Waals surface area contributed by atoms with Crippen LogP contribution in [0.4, 0.5) is 0 Å². The van der Waals surface area contributed by atoms with Crippen molar-refractivity contribution in [1.82, 2.24) is 0 Å². The van der Waals surface area contributed by atoms with Gasteiger partial charge in [0.15, 0.2) is 0 Å². The van der Waals surface area contributed by atoms with Gasteiger partial charge in [0.1, 0.15) is 40.6 Å². The van der Waals surface area contributed by atoms with Crippen molar-refractivity contribution in [3.05, 3.63) is 381 Å². The Morgan fingerprint density at radius 1 is 0.233 bits per heavy atom. The Labute approximate surface area is 824 Å². The van der Waals surface area contributed by atoms with Crippen LogP contribution in [0.1, 0.15) is 308 Å². The summed E-state index contributed by atoms with van der Waals surface area (Å²) >= 11 is 5.67. The molecule has 0 amide bonds. The standard InChI is InChI=1S/C53H60.C47H48O6.C12H20O.C11H17ClO.Na.H/c1-30-15-17-44(28-50(30)52(46-23-36(7)32(3)19-40(46)11)47-24-37(8)33(4)20-41(47)12)27-45-18-16-31(2)51(29-45)53(48-25-38(9)34(5)21-42(48)13)49-26-39(10)35(6)22-43(49)14;1-24-17-42(50)28(5)13-34(24)46(35-14-29(6)43(51)18-25(35)2)38-22-32(9-11-40(38)48)21-33-10-12-41(49)39(23-33)47(36-15-30(7)44(52)19-26(36)3)37-16-31(8)45(53)20-27(37)4;1-2-13-12-10-4-8-3-9(6-10)7-11(12)5-8;12-6-13-11-9-2-7-1-8(4-9)5-10(11)3-7;;/h15-26,28-29,52-53H,27H2,1-14H3;9-20,22-23,46-53H,21H2,1-8H3;8-12H,2-7H2,1H3;7-11H,1-6H2;;/q;;;;+1;-1. The van der Waals surface area contributed by atoms with Crippen molar-refractivity contribution in [2.75, 3.05) is 12.7 Å². The second-order valence-electron chi connectivity index (χ2n) is 41.9. The minimum atomic E-state index is -0.394. The van der Waals surface area contributed by atoms with Crippen LogP contribution in [0.3, 0.4) is 0 Å². The topological polar surface area (TPSA) is 140 Å². The summed E-state index contributed by atoms with van der Waals surface area (Å²) in [5.41, 5.74) is 43.6. The molecule has 0 unspecified atom stereocenters. The summed E-state index contributed by atoms with van der Waals surface area (Å²) in [7, 11) is 0. The van der Waals surface area contributed by atoms with Gasteiger partial charge < -0.3 is 41.5 Å². The molecule has 8 saturated carbocycles. The van der Waals surface area contributed by atoms with Gasteiger partial charge in [-0.3, -0.25) is 0 Å². The molecule has 12 aromatic carbocycles. The number of aryl methyl sites for hydroxylation is 22. The molecule has 0 aliphatic heterocycles. The first-order valence-corrected chi connectivity index (χ1v) is 49.5. The maximum atomic E-state index is 11.5. The summed E-state index contributed by atoms with van der Waals surface area (Å²) in [6, 6.07) is 60.4. The minimum Gasteiger partial charge on any atom is -1.00 e. The third-order valence-electron chi connectivity index (χ3n) is 32.2. The Morgan fingerprint density at radius 2 is 0.436 bits per heavy atom. The number of hydrogen-bond acceptors (Lipinski definition) is 8. The first-order valence-electron chi connectivity index (χ1n) is 48.9. The van der Waals surface area contributed by atoms with Crippen molar-refractivity contribution in [1.29, 1.82) is 0 Å². The van der Waals surface area contributed by atoms with E-state index >= 15 is 0 Å². The SMILES string of the molecule is CCOC1C2CC3CC(C2)CC1C3.Cc1cc(C(c2cc(C)c(O)cc2C)c2cc(Cc3ccc(O)c(C(c4cc(C)c(O)cc4C)c4cc(C)c(O)cc4C)c3)ccc2O)c(C)cc1O.Cc1cc(C)c(C(c2cc(Cc3ccc(C)c(C(c4cc(C)c(C)cc4C)c4cc(C)c(C)cc4C)c3)ccc2C)c2cc(C)c(C)cc2C)cc1C.ClCOC1C2CC3CC(C2)CC1C3.[H-].[Na+]. The van der Waals surface area contributed by atoms with Gasteiger partial charge in [-0.15, -0.1) is 0 Å². The Hall–Kier alpha value is -9.35. The molecule has 10 heteroatoms. The molecule has 8 bridgehead atoms. The average Bonchev–Trinajstić information content (AvgIpc) is 0.794. The largest absolute Gasteiger partial charge is 1.00 e. The fraction of sp³-hybridized carbons (Fsp3) is 0.415. The van der Waals surface area contributed by atoms with Gasteiger partial charge in [0.2, 0.25) is 0 Å². The third kappa shape index (κ3) is 21.4. The average molecular weight is 1810 g/mol. The van der Waals surface area contributed by atoms with Crippen LogP contribution < -0.4 is 29.6 Å². The van der Waals surface area contributed by atoms with Crippen LogP contribution in [0.5, 0.6) is 34.5 Å². The summed E-state index contributed by atoms with van der Waals surface area (Å²) in [4.78, 5) is 0. The molecule has 0 atom stereocenters. The Bertz CT molecular complexity index is 5330. The molecule has 6 N–H and O–H groups in total. The van der Waals surface area contributed by atoms with Gasteiger partial charge in [0.05, 0.1) is 12.2 Å². The van der Waals surface area contributed by atoms with Crippen LogP contribution in [0.2, 0.25) is 0 Å². The predicted molar refractivity (Wildman–Crippen MR) is 547 cm³/mol. The van der Waals surface area contributed by atoms with Crippen LogP contribution in [-0.4, -0.2) is 55.5 Å². The zero-order chi connectivity index (χ0) is 94.6. The zero-order valence-electron chi connectivity index (χ0n) is 85.0. The normalized spacial score (nSPS) is 19.5. The molecule has 0 saturated heterocycles. The molecule has 0 radical (unpaired) electrons. The van der Waals surface area contributed by atoms with Crippen molar-refractivity contribution in [2.24, 2.45) is 47.3 Å². The Morgan fingerprint density at radius 3 is 0.684 bits per heavy atom. The minimum absolute atomic E-state index is 0. The predicted octanol–water partition coefficient (Wildman–Crippen LogP) is 27.3. The molecule has 20 rings (SSSR count). The van der Waals surface area contributed by atoms with E-state index in [0.29, 0.717) is 35.8 Å². The summed E-state index contributed by atoms with van der Waals surface area (Å²) in [5.74, 6) is 8.47. The number of phenolic OH excluding ortho intramolecular Hbond substituents is 6. The number of aromatic hydroxyl groups is 6. The monoisotopic (exact) mass is 1810 g/mol. The van der Waals surface area contributed by atoms with Gasteiger partial charge in [0, 0.05) is 41.4 Å². The second kappa shape index (κ2) is 41.7. The van der Waals surface area contributed by atoms with E-state index in [-0.39, 0.29) is 77.3 Å². The number of rotatable bonds is 20. The summed E-state index contributed by atoms with van der Waals surface area (Å²) < 4.78 is 11.6. The summed E-state index contributed by atoms with van der Waals surface area (Å²) in [6.45, 7) is 50.0. The maximum absolute atomic E-state index is 11.5. The molecule has 694 valence electrons. The zero-order valence-corrected chi connectivity index (χ0v) is 86.8. The molecule has 133 heavy (non-hydrogen) atoms. The van der Waals surface area contributed by atoms with Crippen molar-refractivity contribution >= 4 is 11.6 Å². The van der Waals surface area contributed by atoms with Gasteiger partial charge in [-0.25, -0.2) is 0 Å². The van der Waals surface area contributed by atoms with Crippen LogP contribution in [0.25, 0.3) is 0 Å². The molecule has 0 spiro atoms. The molecule has 8 nitrogen and oxygen atoms in total. The second-order valence-corrected chi connectivity index (χ2v) is 42.1. The molecular weight excluding hydrogens is 1660 g/mol. The Kier molecular flexibility index (Phi) is 31.2. The van der Waals surface area contributed by atoms with E-state index in [0.717, 1.165) is 138 Å². The van der Waals surface area contributed by atoms with E-state index in [1.807, 2.05) is 104 Å². The van der Waals surface area contributed by atoms with Crippen LogP contribution in [0.15, 0.2) is 170 Å². The number of alkyl halides is 1. The van der Waals surface area contributed by atoms with Crippen molar-refractivity contribution < 1.29 is 71.1 Å². The van der Waals surface area contributed by atoms with E-state index < -0.39 is 11.8 Å². The number of halogens is 1. The molecular formula is C123H146ClNaO8. The first-order chi connectivity index (χ1) is 62.8. The molecule has 0 aromatic heterocycles. The Balaban J connectivity index is 0.000000175. The van der Waals surface area contributed by atoms with Crippen molar-refractivity contribution in [3.63, 3.8) is 0 Å². The van der Waals surface area contributed by atoms with Crippen molar-refractivity contribution in [2.45, 2.75) is 272 Å². The molecule has 12 aromatic rings. The summed E-state index contributed by atoms with van der Waals surface area (Å²) in [6.07, 6.45) is 17.3. The van der Waals surface area contributed by atoms with E-state index in [1.54, 1.807) is 42.8 Å². The van der Waals surface area contributed by atoms with Crippen LogP contribution >= 0.6 is 11.6 Å². The fourth-order valence-corrected chi connectivity index (χ4v) is 25.0. The van der Waals surface area contributed by atoms with Gasteiger partial charge in [-0.1, -0.05) is 145 Å². The van der Waals surface area contributed by atoms with Crippen LogP contribution in [0, 0.1) is 200 Å². The van der Waals surface area contributed by atoms with Gasteiger partial charge in [0.25, 0.3) is 0 Å². The van der Waals surface area contributed by atoms with E-state index in [1.165, 1.54) is 180 Å². The molecule has 8 aliphatic carbocycles. The molecule has 0 heterocycles. The van der Waals surface area contributed by atoms with Gasteiger partial charge >= 0.3 is 29.6 Å². The third-order valence-corrected chi connectivity index (χ3v) is 32.3. The van der Waals surface area contributed by atoms with E-state index in [4.69, 9.17) is 21.1 Å². The quantitative estimate of drug-likeness (QED) is 0.0252. The number of ether oxygens (including phenoxy) is 2. The number of benzene rings is 12. The molecule has 8 fully saturated rings. The smallest absolute Gasteiger partial charge is 1.00 e.